The molecule has 0 aromatic heterocycles. The Morgan fingerprint density at radius 1 is 0.895 bits per heavy atom. The van der Waals surface area contributed by atoms with Gasteiger partial charge in [0.15, 0.2) is 5.79 Å². The summed E-state index contributed by atoms with van der Waals surface area (Å²) in [7, 11) is 0. The van der Waals surface area contributed by atoms with Crippen molar-refractivity contribution in [3.05, 3.63) is 0 Å². The molecule has 0 spiro atoms. The molecular formula is C13H18O6. The number of carbonyl (C=O) groups is 2. The van der Waals surface area contributed by atoms with E-state index in [1.807, 2.05) is 0 Å². The van der Waals surface area contributed by atoms with Gasteiger partial charge in [0, 0.05) is 0 Å². The van der Waals surface area contributed by atoms with Crippen LogP contribution in [0.5, 0.6) is 0 Å². The van der Waals surface area contributed by atoms with Crippen molar-refractivity contribution in [3.8, 4) is 0 Å². The van der Waals surface area contributed by atoms with Gasteiger partial charge < -0.3 is 19.7 Å². The highest BCUT2D eigenvalue weighted by molar-refractivity contribution is 5.73. The summed E-state index contributed by atoms with van der Waals surface area (Å²) in [6.07, 6.45) is 1.37. The van der Waals surface area contributed by atoms with Crippen molar-refractivity contribution in [2.24, 2.45) is 11.8 Å². The highest BCUT2D eigenvalue weighted by atomic mass is 16.8. The number of carboxylic acids is 2. The Balaban J connectivity index is 1.96. The van der Waals surface area contributed by atoms with E-state index in [0.29, 0.717) is 25.7 Å². The zero-order valence-electron chi connectivity index (χ0n) is 11.0. The Labute approximate surface area is 110 Å². The third-order valence-electron chi connectivity index (χ3n) is 4.72. The van der Waals surface area contributed by atoms with Gasteiger partial charge in [-0.2, -0.15) is 0 Å². The molecule has 2 N–H and O–H groups in total. The summed E-state index contributed by atoms with van der Waals surface area (Å²) in [5.74, 6) is -3.50. The van der Waals surface area contributed by atoms with E-state index in [4.69, 9.17) is 9.47 Å². The van der Waals surface area contributed by atoms with Crippen LogP contribution in [0.3, 0.4) is 0 Å². The maximum Gasteiger partial charge on any atom is 0.306 e. The van der Waals surface area contributed by atoms with E-state index in [2.05, 4.69) is 0 Å². The van der Waals surface area contributed by atoms with Crippen LogP contribution in [0.4, 0.5) is 0 Å². The lowest BCUT2D eigenvalue weighted by molar-refractivity contribution is -0.193. The van der Waals surface area contributed by atoms with Crippen molar-refractivity contribution < 1.29 is 29.3 Å². The molecule has 2 aliphatic carbocycles. The number of aliphatic carboxylic acids is 2. The van der Waals surface area contributed by atoms with Gasteiger partial charge in [-0.1, -0.05) is 0 Å². The van der Waals surface area contributed by atoms with E-state index in [9.17, 15) is 19.8 Å². The Kier molecular flexibility index (Phi) is 2.36. The van der Waals surface area contributed by atoms with E-state index >= 15 is 0 Å². The second-order valence-electron chi connectivity index (χ2n) is 6.48. The van der Waals surface area contributed by atoms with Crippen LogP contribution in [-0.2, 0) is 19.1 Å². The average molecular weight is 270 g/mol. The van der Waals surface area contributed by atoms with Gasteiger partial charge in [-0.25, -0.2) is 0 Å². The normalized spacial score (nSPS) is 46.8. The van der Waals surface area contributed by atoms with Crippen LogP contribution in [-0.4, -0.2) is 39.1 Å². The summed E-state index contributed by atoms with van der Waals surface area (Å²) >= 11 is 0. The maximum absolute atomic E-state index is 11.2. The van der Waals surface area contributed by atoms with Crippen molar-refractivity contribution in [2.45, 2.75) is 56.5 Å². The summed E-state index contributed by atoms with van der Waals surface area (Å²) < 4.78 is 12.0. The number of hydrogen-bond donors (Lipinski definition) is 2. The Morgan fingerprint density at radius 2 is 1.21 bits per heavy atom. The molecule has 2 saturated carbocycles. The first-order valence-electron chi connectivity index (χ1n) is 6.55. The number of ether oxygens (including phenoxy) is 2. The van der Waals surface area contributed by atoms with E-state index in [-0.39, 0.29) is 0 Å². The Hall–Kier alpha value is -1.14. The monoisotopic (exact) mass is 270 g/mol. The molecular weight excluding hydrogens is 252 g/mol. The van der Waals surface area contributed by atoms with Crippen molar-refractivity contribution >= 4 is 11.9 Å². The molecule has 0 aromatic rings. The van der Waals surface area contributed by atoms with E-state index < -0.39 is 40.8 Å². The first-order valence-corrected chi connectivity index (χ1v) is 6.55. The number of hydrogen-bond acceptors (Lipinski definition) is 4. The zero-order valence-corrected chi connectivity index (χ0v) is 11.0. The minimum atomic E-state index is -0.855. The smallest absolute Gasteiger partial charge is 0.306 e. The van der Waals surface area contributed by atoms with E-state index in [1.54, 1.807) is 13.8 Å². The molecule has 1 aliphatic heterocycles. The molecule has 3 aliphatic rings. The van der Waals surface area contributed by atoms with Gasteiger partial charge in [-0.15, -0.1) is 0 Å². The predicted octanol–water partition coefficient (Wildman–Crippen LogP) is 1.24. The molecule has 1 saturated heterocycles. The fourth-order valence-corrected chi connectivity index (χ4v) is 4.31. The third kappa shape index (κ3) is 1.63. The number of rotatable bonds is 2. The fourth-order valence-electron chi connectivity index (χ4n) is 4.31. The lowest BCUT2D eigenvalue weighted by Crippen LogP contribution is -2.41. The molecule has 0 unspecified atom stereocenters. The Bertz CT molecular complexity index is 402. The van der Waals surface area contributed by atoms with Gasteiger partial charge in [0.25, 0.3) is 0 Å². The average Bonchev–Trinajstić information content (AvgIpc) is 2.69. The molecule has 0 aromatic carbocycles. The van der Waals surface area contributed by atoms with Crippen molar-refractivity contribution in [1.82, 2.24) is 0 Å². The molecule has 106 valence electrons. The minimum absolute atomic E-state index is 0.343. The van der Waals surface area contributed by atoms with Crippen LogP contribution in [0.2, 0.25) is 0 Å². The zero-order chi connectivity index (χ0) is 14.1. The van der Waals surface area contributed by atoms with Gasteiger partial charge in [-0.3, -0.25) is 9.59 Å². The molecule has 3 fully saturated rings. The third-order valence-corrected chi connectivity index (χ3v) is 4.72. The molecule has 1 heterocycles. The van der Waals surface area contributed by atoms with E-state index in [1.165, 1.54) is 0 Å². The second kappa shape index (κ2) is 3.49. The lowest BCUT2D eigenvalue weighted by Gasteiger charge is -2.29. The summed E-state index contributed by atoms with van der Waals surface area (Å²) in [5.41, 5.74) is -1.49. The summed E-state index contributed by atoms with van der Waals surface area (Å²) in [6.45, 7) is 3.59. The summed E-state index contributed by atoms with van der Waals surface area (Å²) in [4.78, 5) is 22.4. The minimum Gasteiger partial charge on any atom is -0.481 e. The van der Waals surface area contributed by atoms with Crippen LogP contribution >= 0.6 is 0 Å². The molecule has 19 heavy (non-hydrogen) atoms. The highest BCUT2D eigenvalue weighted by Crippen LogP contribution is 2.64. The topological polar surface area (TPSA) is 93.1 Å². The van der Waals surface area contributed by atoms with Gasteiger partial charge in [0.05, 0.1) is 11.8 Å². The van der Waals surface area contributed by atoms with Gasteiger partial charge in [0.2, 0.25) is 0 Å². The largest absolute Gasteiger partial charge is 0.481 e. The van der Waals surface area contributed by atoms with Crippen molar-refractivity contribution in [2.75, 3.05) is 0 Å². The van der Waals surface area contributed by atoms with Crippen LogP contribution in [0.15, 0.2) is 0 Å². The van der Waals surface area contributed by atoms with Gasteiger partial charge in [0.1, 0.15) is 11.2 Å². The molecule has 6 heteroatoms. The summed E-state index contributed by atoms with van der Waals surface area (Å²) in [6, 6.07) is 0. The highest BCUT2D eigenvalue weighted by Gasteiger charge is 2.73. The molecule has 0 amide bonds. The fraction of sp³-hybridized carbons (Fsp3) is 0.846. The first kappa shape index (κ1) is 12.9. The quantitative estimate of drug-likeness (QED) is 0.784. The maximum atomic E-state index is 11.2. The van der Waals surface area contributed by atoms with Crippen LogP contribution in [0.25, 0.3) is 0 Å². The van der Waals surface area contributed by atoms with Crippen molar-refractivity contribution in [3.63, 3.8) is 0 Å². The second-order valence-corrected chi connectivity index (χ2v) is 6.48. The SMILES string of the molecule is CC1(C)OC23CC(C(=O)O)CC2(CC(C(=O)O)C3)O1. The molecule has 0 bridgehead atoms. The predicted molar refractivity (Wildman–Crippen MR) is 62.4 cm³/mol. The standard InChI is InChI=1S/C13H18O6/c1-11(2)18-12-3-7(9(14)15)4-13(12,19-11)6-8(5-12)10(16)17/h7-8H,3-6H2,1-2H3,(H,14,15)(H,16,17). The van der Waals surface area contributed by atoms with E-state index in [0.717, 1.165) is 0 Å². The van der Waals surface area contributed by atoms with Crippen LogP contribution in [0, 0.1) is 11.8 Å². The van der Waals surface area contributed by atoms with Gasteiger partial charge >= 0.3 is 11.9 Å². The van der Waals surface area contributed by atoms with Gasteiger partial charge in [-0.05, 0) is 39.5 Å². The molecule has 0 radical (unpaired) electrons. The molecule has 3 rings (SSSR count). The first-order chi connectivity index (χ1) is 8.69. The molecule has 0 atom stereocenters. The van der Waals surface area contributed by atoms with Crippen molar-refractivity contribution in [1.29, 1.82) is 0 Å². The van der Waals surface area contributed by atoms with Crippen LogP contribution in [0.1, 0.15) is 39.5 Å². The van der Waals surface area contributed by atoms with Crippen LogP contribution < -0.4 is 0 Å². The Morgan fingerprint density at radius 3 is 1.47 bits per heavy atom. The lowest BCUT2D eigenvalue weighted by atomic mass is 9.90. The molecule has 6 nitrogen and oxygen atoms in total. The number of carboxylic acid groups (broad SMARTS) is 2. The summed E-state index contributed by atoms with van der Waals surface area (Å²) in [5, 5.41) is 18.4.